The minimum absolute atomic E-state index is 0.000234. The second-order valence-corrected chi connectivity index (χ2v) is 23.6. The van der Waals surface area contributed by atoms with E-state index in [4.69, 9.17) is 42.6 Å². The fraction of sp³-hybridized carbons (Fsp3) is 0.768. The summed E-state index contributed by atoms with van der Waals surface area (Å²) in [4.78, 5) is 72.6. The molecule has 2 bridgehead atoms. The molecule has 0 spiro atoms. The van der Waals surface area contributed by atoms with Crippen LogP contribution < -0.4 is 0 Å². The molecule has 4 aliphatic rings. The average molecular weight is 1080 g/mol. The summed E-state index contributed by atoms with van der Waals surface area (Å²) in [6, 6.07) is -1.19. The number of carbonyl (C=O) groups excluding carboxylic acids is 5. The highest BCUT2D eigenvalue weighted by molar-refractivity contribution is 7.53. The maximum Gasteiger partial charge on any atom is 0.329 e. The summed E-state index contributed by atoms with van der Waals surface area (Å²) < 4.78 is 59.8. The minimum Gasteiger partial charge on any atom is -0.460 e. The first-order chi connectivity index (χ1) is 35.5. The van der Waals surface area contributed by atoms with E-state index in [9.17, 15) is 38.8 Å². The number of Topliss-reactive ketones (excluding diaryl/α,β-unsaturated/α-hetero) is 3. The van der Waals surface area contributed by atoms with Crippen molar-refractivity contribution in [1.82, 2.24) is 4.90 Å². The van der Waals surface area contributed by atoms with Gasteiger partial charge >= 0.3 is 13.6 Å². The Bertz CT molecular complexity index is 2060. The number of fused-ring (bicyclic) bond motifs is 3. The van der Waals surface area contributed by atoms with Gasteiger partial charge in [0.1, 0.15) is 30.1 Å². The molecule has 0 radical (unpaired) electrons. The Kier molecular flexibility index (Phi) is 26.4. The van der Waals surface area contributed by atoms with Gasteiger partial charge in [-0.15, -0.1) is 0 Å². The van der Waals surface area contributed by atoms with E-state index in [0.717, 1.165) is 5.57 Å². The number of aliphatic hydroxyl groups is 3. The Balaban J connectivity index is 1.66. The van der Waals surface area contributed by atoms with Crippen LogP contribution in [0.2, 0.25) is 0 Å². The van der Waals surface area contributed by atoms with Gasteiger partial charge in [0, 0.05) is 65.1 Å². The molecular formula is C56H90NO17P. The van der Waals surface area contributed by atoms with E-state index >= 15 is 0 Å². The smallest absolute Gasteiger partial charge is 0.329 e. The number of hydrogen-bond donors (Lipinski definition) is 3. The van der Waals surface area contributed by atoms with Gasteiger partial charge in [0.2, 0.25) is 5.79 Å². The Morgan fingerprint density at radius 1 is 0.853 bits per heavy atom. The highest BCUT2D eigenvalue weighted by Gasteiger charge is 2.53. The predicted octanol–water partition coefficient (Wildman–Crippen LogP) is 7.05. The number of rotatable bonds is 14. The van der Waals surface area contributed by atoms with Crippen molar-refractivity contribution in [3.63, 3.8) is 0 Å². The molecule has 1 saturated carbocycles. The minimum atomic E-state index is -3.51. The fourth-order valence-electron chi connectivity index (χ4n) is 10.9. The number of carbonyl (C=O) groups is 5. The lowest BCUT2D eigenvalue weighted by atomic mass is 9.78. The Labute approximate surface area is 445 Å². The summed E-state index contributed by atoms with van der Waals surface area (Å²) >= 11 is 0. The Morgan fingerprint density at radius 3 is 2.27 bits per heavy atom. The van der Waals surface area contributed by atoms with Gasteiger partial charge in [-0.25, -0.2) is 4.79 Å². The van der Waals surface area contributed by atoms with Gasteiger partial charge in [0.25, 0.3) is 11.7 Å². The van der Waals surface area contributed by atoms with Gasteiger partial charge in [0.05, 0.1) is 50.8 Å². The van der Waals surface area contributed by atoms with E-state index in [1.807, 2.05) is 51.2 Å². The molecule has 18 nitrogen and oxygen atoms in total. The molecule has 3 fully saturated rings. The number of ketones is 3. The quantitative estimate of drug-likeness (QED) is 0.0519. The number of cyclic esters (lactones) is 1. The molecule has 0 aromatic rings. The monoisotopic (exact) mass is 1080 g/mol. The predicted molar refractivity (Wildman–Crippen MR) is 281 cm³/mol. The van der Waals surface area contributed by atoms with Crippen molar-refractivity contribution < 1.29 is 81.3 Å². The van der Waals surface area contributed by atoms with Gasteiger partial charge < -0.3 is 57.7 Å². The van der Waals surface area contributed by atoms with Crippen LogP contribution in [0, 0.1) is 35.5 Å². The topological polar surface area (TPSA) is 240 Å². The van der Waals surface area contributed by atoms with Gasteiger partial charge in [-0.2, -0.15) is 0 Å². The van der Waals surface area contributed by atoms with Gasteiger partial charge in [-0.3, -0.25) is 23.7 Å². The summed E-state index contributed by atoms with van der Waals surface area (Å²) in [7, 11) is 0.977. The van der Waals surface area contributed by atoms with Crippen LogP contribution in [0.1, 0.15) is 126 Å². The molecule has 19 heteroatoms. The van der Waals surface area contributed by atoms with E-state index in [2.05, 4.69) is 0 Å². The lowest BCUT2D eigenvalue weighted by molar-refractivity contribution is -0.265. The summed E-state index contributed by atoms with van der Waals surface area (Å²) in [6.07, 6.45) is 10.3. The summed E-state index contributed by atoms with van der Waals surface area (Å²) in [5.74, 6) is -8.47. The molecule has 75 heavy (non-hydrogen) atoms. The van der Waals surface area contributed by atoms with Gasteiger partial charge in [-0.1, -0.05) is 71.1 Å². The van der Waals surface area contributed by atoms with Crippen molar-refractivity contribution in [3.8, 4) is 0 Å². The number of allylic oxidation sites excluding steroid dienone is 6. The Hall–Kier alpha value is -3.26. The lowest BCUT2D eigenvalue weighted by Crippen LogP contribution is -2.61. The summed E-state index contributed by atoms with van der Waals surface area (Å²) in [5, 5.41) is 32.5. The standard InChI is InChI=1S/C56H90NO17P/c1-35-17-13-12-14-18-36(2)47(67-8)33-43-22-20-41(7)56(65,73-43)53(62)54(63)57-24-16-15-19-44(57)55(64)72-48(34-45(59)37(3)30-40(6)51(61)52(69-10)50(60)39(5)29-35)38(4)31-42-21-23-46(49(32-42)68-9)74-75(11,66)71-28-27-70-26-25-58/h12-14,17-18,30,35,37-39,41-44,46-49,51-52,58,61,65H,15-16,19-29,31-34H2,1-11H3/b14-12?,17-13+,36-18?,40-30+/t35-,37-,38-,39-,41-,42+,43+,44?,46-,47+,48+,49-,51-,52+,56-,75?/m1/s1. The maximum absolute atomic E-state index is 14.6. The van der Waals surface area contributed by atoms with Crippen molar-refractivity contribution in [2.75, 3.05) is 61.0 Å². The third-order valence-electron chi connectivity index (χ3n) is 15.6. The fourth-order valence-corrected chi connectivity index (χ4v) is 12.1. The highest BCUT2D eigenvalue weighted by atomic mass is 31.2. The maximum atomic E-state index is 14.6. The van der Waals surface area contributed by atoms with E-state index < -0.39 is 103 Å². The third-order valence-corrected chi connectivity index (χ3v) is 16.9. The zero-order valence-electron chi connectivity index (χ0n) is 46.5. The third kappa shape index (κ3) is 18.7. The number of methoxy groups -OCH3 is 3. The van der Waals surface area contributed by atoms with Crippen LogP contribution in [-0.4, -0.2) is 165 Å². The number of esters is 1. The van der Waals surface area contributed by atoms with E-state index in [0.29, 0.717) is 69.8 Å². The van der Waals surface area contributed by atoms with E-state index in [-0.39, 0.29) is 69.2 Å². The Morgan fingerprint density at radius 2 is 1.59 bits per heavy atom. The second kappa shape index (κ2) is 30.8. The number of aliphatic hydroxyl groups excluding tert-OH is 2. The van der Waals surface area contributed by atoms with Crippen LogP contribution in [0.3, 0.4) is 0 Å². The number of hydrogen-bond acceptors (Lipinski definition) is 17. The van der Waals surface area contributed by atoms with Crippen LogP contribution in [0.25, 0.3) is 0 Å². The highest BCUT2D eigenvalue weighted by Crippen LogP contribution is 2.48. The number of ether oxygens (including phenoxy) is 6. The van der Waals surface area contributed by atoms with Crippen molar-refractivity contribution in [1.29, 1.82) is 0 Å². The van der Waals surface area contributed by atoms with Crippen LogP contribution in [0.5, 0.6) is 0 Å². The van der Waals surface area contributed by atoms with Crippen molar-refractivity contribution in [3.05, 3.63) is 47.6 Å². The van der Waals surface area contributed by atoms with Gasteiger partial charge in [-0.05, 0) is 107 Å². The zero-order chi connectivity index (χ0) is 55.6. The molecule has 1 aliphatic carbocycles. The van der Waals surface area contributed by atoms with Crippen LogP contribution in [-0.2, 0) is 66.0 Å². The molecule has 16 atom stereocenters. The van der Waals surface area contributed by atoms with Crippen molar-refractivity contribution in [2.45, 2.75) is 180 Å². The number of nitrogens with zero attached hydrogens (tertiary/aromatic N) is 1. The SMILES string of the molecule is CO[C@H]1C[C@@H]2CC[C@@H](C)[C@@](O)(O2)C(=O)C(=O)N2CCCCC2C(=O)O[C@H]([C@H](C)C[C@@H]2CC[C@@H](OP(C)(=O)OCCOCCO)[C@H](OC)C2)CC(=O)[C@H](C)/C=C(\C)[C@@H](O)[C@@H](OC)C(=O)[C@H](C)C[C@H](C)/C=C/C=CC=C1C. The lowest BCUT2D eigenvalue weighted by Gasteiger charge is -2.42. The summed E-state index contributed by atoms with van der Waals surface area (Å²) in [6.45, 7) is 14.1. The molecule has 4 rings (SSSR count). The molecule has 0 aromatic heterocycles. The van der Waals surface area contributed by atoms with Gasteiger partial charge in [0.15, 0.2) is 5.78 Å². The second-order valence-electron chi connectivity index (χ2n) is 21.6. The van der Waals surface area contributed by atoms with Crippen LogP contribution in [0.4, 0.5) is 0 Å². The molecular weight excluding hydrogens is 990 g/mol. The first-order valence-corrected chi connectivity index (χ1v) is 29.1. The first kappa shape index (κ1) is 64.3. The van der Waals surface area contributed by atoms with Crippen LogP contribution >= 0.6 is 7.60 Å². The molecule has 3 aliphatic heterocycles. The molecule has 3 heterocycles. The largest absolute Gasteiger partial charge is 0.460 e. The molecule has 2 saturated heterocycles. The van der Waals surface area contributed by atoms with E-state index in [1.165, 1.54) is 18.7 Å². The number of amides is 1. The first-order valence-electron chi connectivity index (χ1n) is 27.1. The molecule has 1 amide bonds. The van der Waals surface area contributed by atoms with Crippen molar-refractivity contribution >= 4 is 36.8 Å². The molecule has 426 valence electrons. The summed E-state index contributed by atoms with van der Waals surface area (Å²) in [5.41, 5.74) is 1.22. The molecule has 3 N–H and O–H groups in total. The molecule has 0 aromatic carbocycles. The molecule has 2 unspecified atom stereocenters. The normalized spacial score (nSPS) is 36.4. The van der Waals surface area contributed by atoms with Crippen LogP contribution in [0.15, 0.2) is 47.6 Å². The zero-order valence-corrected chi connectivity index (χ0v) is 47.4. The number of piperidine rings is 1. The van der Waals surface area contributed by atoms with E-state index in [1.54, 1.807) is 48.0 Å². The van der Waals surface area contributed by atoms with Crippen molar-refractivity contribution in [2.24, 2.45) is 35.5 Å². The average Bonchev–Trinajstić information content (AvgIpc) is 3.37.